The van der Waals surface area contributed by atoms with Crippen LogP contribution < -0.4 is 10.2 Å². The normalized spacial score (nSPS) is 14.6. The molecule has 0 aromatic heterocycles. The number of nitrogens with one attached hydrogen (secondary N) is 1. The van der Waals surface area contributed by atoms with Crippen molar-refractivity contribution in [1.29, 1.82) is 0 Å². The zero-order chi connectivity index (χ0) is 20.1. The number of amides is 2. The summed E-state index contributed by atoms with van der Waals surface area (Å²) in [7, 11) is 0. The number of benzene rings is 2. The van der Waals surface area contributed by atoms with Gasteiger partial charge in [-0.15, -0.1) is 0 Å². The molecular formula is C21H21ClN2O4. The molecule has 0 radical (unpaired) electrons. The Balaban J connectivity index is 1.59. The molecule has 1 aliphatic heterocycles. The van der Waals surface area contributed by atoms with E-state index >= 15 is 0 Å². The van der Waals surface area contributed by atoms with E-state index in [1.54, 1.807) is 41.3 Å². The van der Waals surface area contributed by atoms with Gasteiger partial charge in [0.25, 0.3) is 5.91 Å². The second-order valence-electron chi connectivity index (χ2n) is 6.58. The van der Waals surface area contributed by atoms with E-state index < -0.39 is 18.5 Å². The minimum absolute atomic E-state index is 0.0187. The van der Waals surface area contributed by atoms with Crippen LogP contribution in [0.5, 0.6) is 0 Å². The van der Waals surface area contributed by atoms with Crippen molar-refractivity contribution in [3.8, 4) is 0 Å². The first-order valence-corrected chi connectivity index (χ1v) is 9.45. The highest BCUT2D eigenvalue weighted by atomic mass is 35.5. The van der Waals surface area contributed by atoms with Crippen LogP contribution in [0, 0.1) is 0 Å². The van der Waals surface area contributed by atoms with Gasteiger partial charge in [-0.25, -0.2) is 4.79 Å². The number of hydrogen-bond acceptors (Lipinski definition) is 4. The summed E-state index contributed by atoms with van der Waals surface area (Å²) in [5.41, 5.74) is 1.68. The first-order valence-electron chi connectivity index (χ1n) is 9.07. The summed E-state index contributed by atoms with van der Waals surface area (Å²) in [5, 5.41) is 3.39. The van der Waals surface area contributed by atoms with Gasteiger partial charge in [-0.1, -0.05) is 35.9 Å². The fourth-order valence-electron chi connectivity index (χ4n) is 3.11. The Bertz CT molecular complexity index is 882. The van der Waals surface area contributed by atoms with Crippen LogP contribution in [-0.2, 0) is 14.3 Å². The van der Waals surface area contributed by atoms with Crippen LogP contribution in [0.2, 0.25) is 5.02 Å². The van der Waals surface area contributed by atoms with Crippen molar-refractivity contribution in [3.05, 3.63) is 64.7 Å². The second kappa shape index (κ2) is 8.89. The van der Waals surface area contributed by atoms with Gasteiger partial charge in [0.05, 0.1) is 17.3 Å². The van der Waals surface area contributed by atoms with Crippen LogP contribution in [0.1, 0.15) is 41.7 Å². The Labute approximate surface area is 168 Å². The van der Waals surface area contributed by atoms with Crippen molar-refractivity contribution in [2.75, 3.05) is 18.1 Å². The molecule has 0 saturated carbocycles. The van der Waals surface area contributed by atoms with Gasteiger partial charge < -0.3 is 15.0 Å². The lowest BCUT2D eigenvalue weighted by molar-refractivity contribution is -0.125. The summed E-state index contributed by atoms with van der Waals surface area (Å²) in [6, 6.07) is 13.6. The molecule has 1 atom stereocenters. The average molecular weight is 401 g/mol. The molecular weight excluding hydrogens is 380 g/mol. The van der Waals surface area contributed by atoms with Crippen molar-refractivity contribution < 1.29 is 19.1 Å². The standard InChI is InChI=1S/C21H21ClN2O4/c1-14(15-8-10-16(22)11-9-15)23-19(25)13-28-21(27)17-5-2-3-6-18(17)24-12-4-7-20(24)26/h2-3,5-6,8-11,14H,4,7,12-13H2,1H3,(H,23,25)/t14-/m1/s1. The van der Waals surface area contributed by atoms with Gasteiger partial charge in [-0.2, -0.15) is 0 Å². The van der Waals surface area contributed by atoms with E-state index in [2.05, 4.69) is 5.32 Å². The van der Waals surface area contributed by atoms with Gasteiger partial charge in [0.1, 0.15) is 0 Å². The van der Waals surface area contributed by atoms with Crippen LogP contribution in [0.4, 0.5) is 5.69 Å². The maximum absolute atomic E-state index is 12.5. The number of carbonyl (C=O) groups excluding carboxylic acids is 3. The SMILES string of the molecule is C[C@@H](NC(=O)COC(=O)c1ccccc1N1CCCC1=O)c1ccc(Cl)cc1. The third-order valence-corrected chi connectivity index (χ3v) is 4.82. The molecule has 2 aromatic carbocycles. The molecule has 0 unspecified atom stereocenters. The van der Waals surface area contributed by atoms with Gasteiger partial charge in [0.15, 0.2) is 6.61 Å². The quantitative estimate of drug-likeness (QED) is 0.753. The van der Waals surface area contributed by atoms with E-state index in [1.807, 2.05) is 19.1 Å². The smallest absolute Gasteiger partial charge is 0.340 e. The van der Waals surface area contributed by atoms with Gasteiger partial charge in [-0.05, 0) is 43.2 Å². The van der Waals surface area contributed by atoms with Crippen LogP contribution in [-0.4, -0.2) is 30.9 Å². The molecule has 6 nitrogen and oxygen atoms in total. The molecule has 7 heteroatoms. The molecule has 1 N–H and O–H groups in total. The number of carbonyl (C=O) groups is 3. The van der Waals surface area contributed by atoms with Crippen molar-refractivity contribution >= 4 is 35.1 Å². The lowest BCUT2D eigenvalue weighted by Crippen LogP contribution is -2.31. The largest absolute Gasteiger partial charge is 0.452 e. The molecule has 0 spiro atoms. The van der Waals surface area contributed by atoms with Crippen molar-refractivity contribution in [3.63, 3.8) is 0 Å². The van der Waals surface area contributed by atoms with Gasteiger partial charge in [-0.3, -0.25) is 9.59 Å². The molecule has 2 aromatic rings. The third-order valence-electron chi connectivity index (χ3n) is 4.57. The summed E-state index contributed by atoms with van der Waals surface area (Å²) < 4.78 is 5.17. The Morgan fingerprint density at radius 2 is 1.89 bits per heavy atom. The van der Waals surface area contributed by atoms with Crippen molar-refractivity contribution in [2.24, 2.45) is 0 Å². The number of anilines is 1. The lowest BCUT2D eigenvalue weighted by Gasteiger charge is -2.19. The second-order valence-corrected chi connectivity index (χ2v) is 7.02. The summed E-state index contributed by atoms with van der Waals surface area (Å²) in [4.78, 5) is 38.2. The highest BCUT2D eigenvalue weighted by Gasteiger charge is 2.26. The van der Waals surface area contributed by atoms with Crippen molar-refractivity contribution in [2.45, 2.75) is 25.8 Å². The fourth-order valence-corrected chi connectivity index (χ4v) is 3.24. The van der Waals surface area contributed by atoms with E-state index in [0.29, 0.717) is 23.7 Å². The molecule has 1 aliphatic rings. The molecule has 1 heterocycles. The van der Waals surface area contributed by atoms with E-state index in [-0.39, 0.29) is 17.5 Å². The first kappa shape index (κ1) is 19.9. The highest BCUT2D eigenvalue weighted by molar-refractivity contribution is 6.30. The van der Waals surface area contributed by atoms with Crippen LogP contribution in [0.3, 0.4) is 0 Å². The van der Waals surface area contributed by atoms with E-state index in [0.717, 1.165) is 12.0 Å². The highest BCUT2D eigenvalue weighted by Crippen LogP contribution is 2.26. The van der Waals surface area contributed by atoms with Gasteiger partial charge in [0.2, 0.25) is 5.91 Å². The molecule has 3 rings (SSSR count). The van der Waals surface area contributed by atoms with Crippen LogP contribution in [0.15, 0.2) is 48.5 Å². The Morgan fingerprint density at radius 1 is 1.18 bits per heavy atom. The molecule has 2 amide bonds. The van der Waals surface area contributed by atoms with E-state index in [1.165, 1.54) is 0 Å². The number of nitrogens with zero attached hydrogens (tertiary/aromatic N) is 1. The zero-order valence-electron chi connectivity index (χ0n) is 15.5. The maximum atomic E-state index is 12.5. The molecule has 0 aliphatic carbocycles. The minimum atomic E-state index is -0.635. The molecule has 1 fully saturated rings. The molecule has 28 heavy (non-hydrogen) atoms. The Hall–Kier alpha value is -2.86. The van der Waals surface area contributed by atoms with Gasteiger partial charge in [0, 0.05) is 18.0 Å². The maximum Gasteiger partial charge on any atom is 0.340 e. The Morgan fingerprint density at radius 3 is 2.57 bits per heavy atom. The average Bonchev–Trinajstić information content (AvgIpc) is 3.12. The van der Waals surface area contributed by atoms with E-state index in [4.69, 9.17) is 16.3 Å². The monoisotopic (exact) mass is 400 g/mol. The van der Waals surface area contributed by atoms with E-state index in [9.17, 15) is 14.4 Å². The Kier molecular flexibility index (Phi) is 6.31. The number of esters is 1. The predicted molar refractivity (Wildman–Crippen MR) is 106 cm³/mol. The minimum Gasteiger partial charge on any atom is -0.452 e. The molecule has 1 saturated heterocycles. The molecule has 146 valence electrons. The lowest BCUT2D eigenvalue weighted by atomic mass is 10.1. The number of para-hydroxylation sites is 1. The number of rotatable bonds is 6. The predicted octanol–water partition coefficient (Wildman–Crippen LogP) is 3.50. The summed E-state index contributed by atoms with van der Waals surface area (Å²) >= 11 is 5.86. The zero-order valence-corrected chi connectivity index (χ0v) is 16.2. The third kappa shape index (κ3) is 4.70. The fraction of sp³-hybridized carbons (Fsp3) is 0.286. The number of halogens is 1. The van der Waals surface area contributed by atoms with Gasteiger partial charge >= 0.3 is 5.97 Å². The topological polar surface area (TPSA) is 75.7 Å². The summed E-state index contributed by atoms with van der Waals surface area (Å²) in [6.45, 7) is 2.00. The van der Waals surface area contributed by atoms with Crippen molar-refractivity contribution in [1.82, 2.24) is 5.32 Å². The molecule has 0 bridgehead atoms. The number of hydrogen-bond donors (Lipinski definition) is 1. The summed E-state index contributed by atoms with van der Waals surface area (Å²) in [5.74, 6) is -1.06. The summed E-state index contributed by atoms with van der Waals surface area (Å²) in [6.07, 6.45) is 1.22. The van der Waals surface area contributed by atoms with Crippen LogP contribution in [0.25, 0.3) is 0 Å². The first-order chi connectivity index (χ1) is 13.5. The number of ether oxygens (including phenoxy) is 1. The van der Waals surface area contributed by atoms with Crippen LogP contribution >= 0.6 is 11.6 Å².